The third kappa shape index (κ3) is 5.55. The van der Waals surface area contributed by atoms with E-state index in [0.29, 0.717) is 39.0 Å². The number of hydrazine groups is 1. The molecule has 3 heterocycles. The van der Waals surface area contributed by atoms with Gasteiger partial charge in [0.25, 0.3) is 17.5 Å². The Hall–Kier alpha value is -5.80. The number of alkyl halides is 3. The highest BCUT2D eigenvalue weighted by Gasteiger charge is 2.70. The van der Waals surface area contributed by atoms with Crippen molar-refractivity contribution < 1.29 is 42.4 Å². The second-order valence-corrected chi connectivity index (χ2v) is 14.6. The summed E-state index contributed by atoms with van der Waals surface area (Å²) >= 11 is 12.5. The van der Waals surface area contributed by atoms with Crippen molar-refractivity contribution in [2.75, 3.05) is 10.3 Å². The van der Waals surface area contributed by atoms with Crippen LogP contribution in [-0.4, -0.2) is 43.7 Å². The normalized spacial score (nSPS) is 26.1. The summed E-state index contributed by atoms with van der Waals surface area (Å²) in [6.45, 7) is 0. The Bertz CT molecular complexity index is 2360. The standard InChI is InChI=1S/C38H26Cl2F3N5O7/c39-21-6-4-19(5-7-21)37-28(34(51)47(36(37)53)45-32-29(40)15-20(17-44-32)38(41,42)43)16-27-25(31(37)18-2-1-3-24(49)14-18)12-13-26-30(27)35(52)46(33(26)50)22-8-10-23(11-9-22)48(54)55/h1-12,14-15,17,26-28,30-31,49H,13,16H2,(H,44,45)/t26-,27+,28-,30-,31-,37+/m0/s1. The van der Waals surface area contributed by atoms with Gasteiger partial charge >= 0.3 is 6.18 Å². The van der Waals surface area contributed by atoms with Crippen LogP contribution in [0.5, 0.6) is 5.75 Å². The molecule has 280 valence electrons. The molecule has 55 heavy (non-hydrogen) atoms. The molecule has 0 spiro atoms. The second kappa shape index (κ2) is 12.9. The number of nitrogens with zero attached hydrogens (tertiary/aromatic N) is 4. The number of carbonyl (C=O) groups is 4. The Labute approximate surface area is 319 Å². The molecule has 0 radical (unpaired) electrons. The fraction of sp³-hybridized carbons (Fsp3) is 0.237. The van der Waals surface area contributed by atoms with E-state index < -0.39 is 86.1 Å². The SMILES string of the molecule is O=C1[C@@H]2C[C@@H]3C(=CC[C@@H]4C(=O)N(c5ccc([N+](=O)[O-])cc5)C(=O)[C@@H]43)[C@H](c3cccc(O)c3)[C@]2(c2ccc(Cl)cc2)C(=O)N1Nc1ncc(C(F)(F)F)cc1Cl. The molecular formula is C38H26Cl2F3N5O7. The highest BCUT2D eigenvalue weighted by atomic mass is 35.5. The first-order chi connectivity index (χ1) is 26.1. The van der Waals surface area contributed by atoms with Gasteiger partial charge in [-0.25, -0.2) is 4.98 Å². The summed E-state index contributed by atoms with van der Waals surface area (Å²) in [6, 6.07) is 18.0. The van der Waals surface area contributed by atoms with Gasteiger partial charge in [-0.3, -0.25) is 39.6 Å². The number of carbonyl (C=O) groups excluding carboxylic acids is 4. The number of pyridine rings is 1. The number of fused-ring (bicyclic) bond motifs is 4. The molecule has 4 aromatic rings. The Balaban J connectivity index is 1.28. The minimum Gasteiger partial charge on any atom is -0.508 e. The number of amides is 4. The topological polar surface area (TPSA) is 163 Å². The summed E-state index contributed by atoms with van der Waals surface area (Å²) < 4.78 is 40.3. The Kier molecular flexibility index (Phi) is 8.50. The number of hydrogen-bond donors (Lipinski definition) is 2. The van der Waals surface area contributed by atoms with E-state index in [2.05, 4.69) is 10.4 Å². The van der Waals surface area contributed by atoms with Crippen molar-refractivity contribution in [2.45, 2.75) is 30.4 Å². The van der Waals surface area contributed by atoms with Gasteiger partial charge in [-0.15, -0.1) is 0 Å². The summed E-state index contributed by atoms with van der Waals surface area (Å²) in [5, 5.41) is 22.5. The molecular weight excluding hydrogens is 766 g/mol. The zero-order chi connectivity index (χ0) is 39.1. The number of nitro groups is 1. The summed E-state index contributed by atoms with van der Waals surface area (Å²) in [4.78, 5) is 73.7. The Morgan fingerprint density at radius 1 is 0.927 bits per heavy atom. The molecule has 2 N–H and O–H groups in total. The number of non-ortho nitro benzene ring substituents is 1. The summed E-state index contributed by atoms with van der Waals surface area (Å²) in [7, 11) is 0. The van der Waals surface area contributed by atoms with Crippen molar-refractivity contribution in [1.82, 2.24) is 9.99 Å². The molecule has 2 saturated heterocycles. The van der Waals surface area contributed by atoms with Crippen LogP contribution in [0.4, 0.5) is 30.4 Å². The van der Waals surface area contributed by atoms with Crippen LogP contribution in [0.1, 0.15) is 35.4 Å². The summed E-state index contributed by atoms with van der Waals surface area (Å²) in [5.41, 5.74) is 0.869. The number of phenolic OH excluding ortho intramolecular Hbond substituents is 1. The van der Waals surface area contributed by atoms with E-state index in [1.165, 1.54) is 36.4 Å². The van der Waals surface area contributed by atoms with E-state index in [-0.39, 0.29) is 30.0 Å². The lowest BCUT2D eigenvalue weighted by Crippen LogP contribution is -2.53. The molecule has 0 bridgehead atoms. The van der Waals surface area contributed by atoms with Gasteiger partial charge in [-0.1, -0.05) is 59.1 Å². The van der Waals surface area contributed by atoms with Gasteiger partial charge in [0.2, 0.25) is 11.8 Å². The lowest BCUT2D eigenvalue weighted by molar-refractivity contribution is -0.384. The number of nitro benzene ring substituents is 1. The minimum atomic E-state index is -4.77. The number of aromatic hydroxyl groups is 1. The first-order valence-corrected chi connectivity index (χ1v) is 17.6. The number of rotatable bonds is 6. The number of halogens is 5. The highest BCUT2D eigenvalue weighted by molar-refractivity contribution is 6.33. The maximum Gasteiger partial charge on any atom is 0.417 e. The van der Waals surface area contributed by atoms with Gasteiger partial charge < -0.3 is 5.11 Å². The molecule has 12 nitrogen and oxygen atoms in total. The van der Waals surface area contributed by atoms with Gasteiger partial charge in [0, 0.05) is 29.3 Å². The van der Waals surface area contributed by atoms with Crippen LogP contribution < -0.4 is 10.3 Å². The first kappa shape index (κ1) is 36.2. The molecule has 1 saturated carbocycles. The summed E-state index contributed by atoms with van der Waals surface area (Å²) in [6.07, 6.45) is -2.51. The van der Waals surface area contributed by atoms with Gasteiger partial charge in [-0.05, 0) is 72.4 Å². The number of nitrogens with one attached hydrogen (secondary N) is 1. The molecule has 0 unspecified atom stereocenters. The van der Waals surface area contributed by atoms with E-state index in [4.69, 9.17) is 23.2 Å². The molecule has 1 aromatic heterocycles. The van der Waals surface area contributed by atoms with E-state index in [9.17, 15) is 42.8 Å². The van der Waals surface area contributed by atoms with Crippen LogP contribution in [0.25, 0.3) is 0 Å². The number of allylic oxidation sites excluding steroid dienone is 2. The maximum atomic E-state index is 15.2. The van der Waals surface area contributed by atoms with Crippen LogP contribution in [0.3, 0.4) is 0 Å². The first-order valence-electron chi connectivity index (χ1n) is 16.9. The second-order valence-electron chi connectivity index (χ2n) is 13.8. The molecule has 17 heteroatoms. The number of aromatic nitrogens is 1. The molecule has 3 fully saturated rings. The van der Waals surface area contributed by atoms with Crippen LogP contribution in [0.2, 0.25) is 10.0 Å². The molecule has 2 aliphatic carbocycles. The zero-order valence-corrected chi connectivity index (χ0v) is 29.5. The molecule has 6 atom stereocenters. The van der Waals surface area contributed by atoms with Crippen LogP contribution in [0, 0.1) is 33.8 Å². The molecule has 4 aliphatic rings. The zero-order valence-electron chi connectivity index (χ0n) is 28.0. The fourth-order valence-corrected chi connectivity index (χ4v) is 9.17. The highest BCUT2D eigenvalue weighted by Crippen LogP contribution is 2.64. The third-order valence-electron chi connectivity index (χ3n) is 11.1. The fourth-order valence-electron chi connectivity index (χ4n) is 8.84. The van der Waals surface area contributed by atoms with Crippen molar-refractivity contribution in [3.05, 3.63) is 134 Å². The van der Waals surface area contributed by atoms with Gasteiger partial charge in [0.1, 0.15) is 5.75 Å². The van der Waals surface area contributed by atoms with E-state index in [0.717, 1.165) is 4.90 Å². The van der Waals surface area contributed by atoms with E-state index in [1.807, 2.05) is 0 Å². The van der Waals surface area contributed by atoms with Crippen LogP contribution in [-0.2, 0) is 30.8 Å². The Morgan fingerprint density at radius 2 is 1.64 bits per heavy atom. The largest absolute Gasteiger partial charge is 0.508 e. The molecule has 3 aromatic carbocycles. The van der Waals surface area contributed by atoms with Crippen molar-refractivity contribution in [3.8, 4) is 5.75 Å². The minimum absolute atomic E-state index is 0.0798. The van der Waals surface area contributed by atoms with Crippen LogP contribution in [0.15, 0.2) is 96.7 Å². The van der Waals surface area contributed by atoms with Gasteiger partial charge in [-0.2, -0.15) is 18.2 Å². The molecule has 2 aliphatic heterocycles. The van der Waals surface area contributed by atoms with Gasteiger partial charge in [0.15, 0.2) is 5.82 Å². The maximum absolute atomic E-state index is 15.2. The van der Waals surface area contributed by atoms with E-state index in [1.54, 1.807) is 42.5 Å². The lowest BCUT2D eigenvalue weighted by Gasteiger charge is -2.50. The molecule has 8 rings (SSSR count). The van der Waals surface area contributed by atoms with Crippen molar-refractivity contribution in [1.29, 1.82) is 0 Å². The molecule has 4 amide bonds. The monoisotopic (exact) mass is 791 g/mol. The van der Waals surface area contributed by atoms with Crippen molar-refractivity contribution in [2.24, 2.45) is 23.7 Å². The quantitative estimate of drug-likeness (QED) is 0.0889. The predicted molar refractivity (Wildman–Crippen MR) is 191 cm³/mol. The average Bonchev–Trinajstić information content (AvgIpc) is 3.52. The number of anilines is 2. The lowest BCUT2D eigenvalue weighted by atomic mass is 9.49. The predicted octanol–water partition coefficient (Wildman–Crippen LogP) is 7.21. The van der Waals surface area contributed by atoms with Crippen molar-refractivity contribution >= 4 is 64.0 Å². The van der Waals surface area contributed by atoms with Crippen molar-refractivity contribution in [3.63, 3.8) is 0 Å². The van der Waals surface area contributed by atoms with Crippen LogP contribution >= 0.6 is 23.2 Å². The number of phenols is 1. The van der Waals surface area contributed by atoms with Gasteiger partial charge in [0.05, 0.1) is 44.4 Å². The number of imide groups is 2. The smallest absolute Gasteiger partial charge is 0.417 e. The third-order valence-corrected chi connectivity index (χ3v) is 11.6. The summed E-state index contributed by atoms with van der Waals surface area (Å²) in [5.74, 6) is -8.19. The number of benzene rings is 3. The van der Waals surface area contributed by atoms with E-state index >= 15 is 4.79 Å². The Morgan fingerprint density at radius 3 is 2.27 bits per heavy atom. The number of hydrogen-bond acceptors (Lipinski definition) is 9. The average molecular weight is 793 g/mol.